The molecule has 0 saturated carbocycles. The fourth-order valence-electron chi connectivity index (χ4n) is 2.74. The second-order valence-corrected chi connectivity index (χ2v) is 5.97. The molecule has 1 aliphatic rings. The number of hydrogen-bond acceptors (Lipinski definition) is 6. The van der Waals surface area contributed by atoms with Crippen LogP contribution in [0.1, 0.15) is 26.3 Å². The van der Waals surface area contributed by atoms with Gasteiger partial charge in [-0.25, -0.2) is 4.39 Å². The van der Waals surface area contributed by atoms with E-state index < -0.39 is 28.7 Å². The minimum atomic E-state index is -1.19. The van der Waals surface area contributed by atoms with Gasteiger partial charge in [0.15, 0.2) is 0 Å². The lowest BCUT2D eigenvalue weighted by Gasteiger charge is -2.18. The maximum Gasteiger partial charge on any atom is 0.270 e. The number of aliphatic hydroxyl groups excluding tert-OH is 1. The molecule has 0 unspecified atom stereocenters. The predicted molar refractivity (Wildman–Crippen MR) is 90.5 cm³/mol. The van der Waals surface area contributed by atoms with E-state index in [4.69, 9.17) is 4.74 Å². The summed E-state index contributed by atoms with van der Waals surface area (Å²) in [6.07, 6.45) is -1.19. The van der Waals surface area contributed by atoms with Crippen molar-refractivity contribution in [1.82, 2.24) is 4.90 Å². The fourth-order valence-corrected chi connectivity index (χ4v) is 2.74. The summed E-state index contributed by atoms with van der Waals surface area (Å²) in [5.41, 5.74) is -0.0120. The average molecular weight is 374 g/mol. The van der Waals surface area contributed by atoms with E-state index in [9.17, 15) is 29.2 Å². The number of fused-ring (bicyclic) bond motifs is 1. The molecule has 0 aliphatic carbocycles. The number of imide groups is 1. The second-order valence-electron chi connectivity index (χ2n) is 5.97. The summed E-state index contributed by atoms with van der Waals surface area (Å²) < 4.78 is 18.7. The van der Waals surface area contributed by atoms with Gasteiger partial charge in [0.05, 0.1) is 41.9 Å². The second kappa shape index (κ2) is 7.60. The van der Waals surface area contributed by atoms with Crippen LogP contribution in [0.25, 0.3) is 0 Å². The molecule has 140 valence electrons. The summed E-state index contributed by atoms with van der Waals surface area (Å²) in [4.78, 5) is 35.6. The first-order valence-electron chi connectivity index (χ1n) is 8.02. The zero-order valence-corrected chi connectivity index (χ0v) is 14.0. The summed E-state index contributed by atoms with van der Waals surface area (Å²) >= 11 is 0. The lowest BCUT2D eigenvalue weighted by Crippen LogP contribution is -2.38. The number of aliphatic hydroxyl groups is 1. The van der Waals surface area contributed by atoms with Gasteiger partial charge in [-0.3, -0.25) is 24.6 Å². The first-order chi connectivity index (χ1) is 12.9. The number of β-amino-alcohol motifs (C(OH)–C–C–N with tert-alkyl or cyclic N) is 1. The number of benzene rings is 2. The minimum Gasteiger partial charge on any atom is -0.389 e. The zero-order chi connectivity index (χ0) is 19.6. The Morgan fingerprint density at radius 3 is 2.56 bits per heavy atom. The summed E-state index contributed by atoms with van der Waals surface area (Å²) in [7, 11) is 0. The molecular weight excluding hydrogens is 359 g/mol. The molecule has 9 heteroatoms. The predicted octanol–water partition coefficient (Wildman–Crippen LogP) is 1.91. The van der Waals surface area contributed by atoms with Crippen LogP contribution in [0, 0.1) is 15.9 Å². The van der Waals surface area contributed by atoms with Crippen molar-refractivity contribution in [2.45, 2.75) is 12.7 Å². The van der Waals surface area contributed by atoms with Gasteiger partial charge >= 0.3 is 0 Å². The molecule has 0 fully saturated rings. The number of amides is 2. The Hall–Kier alpha value is -3.17. The van der Waals surface area contributed by atoms with Crippen LogP contribution in [0.2, 0.25) is 0 Å². The molecular formula is C18H15FN2O6. The SMILES string of the molecule is O=C1c2ccc([N+](=O)[O-])cc2C(=O)N1C[C@@H](O)COCc1ccccc1F. The van der Waals surface area contributed by atoms with E-state index in [1.165, 1.54) is 12.1 Å². The topological polar surface area (TPSA) is 110 Å². The number of rotatable bonds is 7. The Morgan fingerprint density at radius 2 is 1.85 bits per heavy atom. The van der Waals surface area contributed by atoms with Crippen molar-refractivity contribution in [2.75, 3.05) is 13.2 Å². The van der Waals surface area contributed by atoms with Gasteiger partial charge in [-0.1, -0.05) is 18.2 Å². The van der Waals surface area contributed by atoms with Crippen molar-refractivity contribution in [3.63, 3.8) is 0 Å². The Labute approximate surface area is 152 Å². The van der Waals surface area contributed by atoms with Crippen LogP contribution in [-0.4, -0.2) is 46.0 Å². The Morgan fingerprint density at radius 1 is 1.15 bits per heavy atom. The van der Waals surface area contributed by atoms with E-state index >= 15 is 0 Å². The molecule has 2 aromatic carbocycles. The fraction of sp³-hybridized carbons (Fsp3) is 0.222. The van der Waals surface area contributed by atoms with E-state index in [2.05, 4.69) is 0 Å². The molecule has 0 spiro atoms. The highest BCUT2D eigenvalue weighted by Crippen LogP contribution is 2.26. The monoisotopic (exact) mass is 374 g/mol. The van der Waals surface area contributed by atoms with Crippen LogP contribution in [0.15, 0.2) is 42.5 Å². The number of hydrogen-bond donors (Lipinski definition) is 1. The zero-order valence-electron chi connectivity index (χ0n) is 14.0. The van der Waals surface area contributed by atoms with E-state index in [-0.39, 0.29) is 36.6 Å². The summed E-state index contributed by atoms with van der Waals surface area (Å²) in [5, 5.41) is 20.9. The third kappa shape index (κ3) is 3.83. The van der Waals surface area contributed by atoms with E-state index in [0.717, 1.165) is 17.0 Å². The standard InChI is InChI=1S/C18H15FN2O6/c19-16-4-2-1-3-11(16)9-27-10-13(22)8-20-17(23)14-6-5-12(21(25)26)7-15(14)18(20)24/h1-7,13,22H,8-10H2/t13-/m1/s1. The normalized spacial score (nSPS) is 14.4. The highest BCUT2D eigenvalue weighted by Gasteiger charge is 2.37. The molecule has 1 atom stereocenters. The minimum absolute atomic E-state index is 0.0464. The lowest BCUT2D eigenvalue weighted by molar-refractivity contribution is -0.384. The van der Waals surface area contributed by atoms with Crippen molar-refractivity contribution >= 4 is 17.5 Å². The number of non-ortho nitro benzene ring substituents is 1. The molecule has 0 bridgehead atoms. The van der Waals surface area contributed by atoms with Gasteiger partial charge in [0.2, 0.25) is 0 Å². The first kappa shape index (κ1) is 18.6. The highest BCUT2D eigenvalue weighted by molar-refractivity contribution is 6.21. The molecule has 0 saturated heterocycles. The molecule has 8 nitrogen and oxygen atoms in total. The molecule has 3 rings (SSSR count). The van der Waals surface area contributed by atoms with Gasteiger partial charge < -0.3 is 9.84 Å². The van der Waals surface area contributed by atoms with Crippen LogP contribution in [0.4, 0.5) is 10.1 Å². The van der Waals surface area contributed by atoms with E-state index in [1.807, 2.05) is 0 Å². The number of carbonyl (C=O) groups excluding carboxylic acids is 2. The Kier molecular flexibility index (Phi) is 5.24. The van der Waals surface area contributed by atoms with Gasteiger partial charge in [-0.15, -0.1) is 0 Å². The van der Waals surface area contributed by atoms with Gasteiger partial charge in [0.1, 0.15) is 5.82 Å². The Bertz CT molecular complexity index is 916. The van der Waals surface area contributed by atoms with Crippen LogP contribution in [0.3, 0.4) is 0 Å². The van der Waals surface area contributed by atoms with Crippen LogP contribution < -0.4 is 0 Å². The van der Waals surface area contributed by atoms with Gasteiger partial charge in [0.25, 0.3) is 17.5 Å². The first-order valence-corrected chi connectivity index (χ1v) is 8.02. The molecule has 0 aromatic heterocycles. The van der Waals surface area contributed by atoms with E-state index in [1.54, 1.807) is 18.2 Å². The molecule has 1 heterocycles. The van der Waals surface area contributed by atoms with E-state index in [0.29, 0.717) is 5.56 Å². The lowest BCUT2D eigenvalue weighted by atomic mass is 10.1. The number of nitro benzene ring substituents is 1. The largest absolute Gasteiger partial charge is 0.389 e. The van der Waals surface area contributed by atoms with Crippen LogP contribution >= 0.6 is 0 Å². The number of nitrogens with zero attached hydrogens (tertiary/aromatic N) is 2. The van der Waals surface area contributed by atoms with Crippen molar-refractivity contribution in [3.8, 4) is 0 Å². The van der Waals surface area contributed by atoms with Crippen LogP contribution in [-0.2, 0) is 11.3 Å². The molecule has 2 aromatic rings. The molecule has 0 radical (unpaired) electrons. The maximum absolute atomic E-state index is 13.5. The van der Waals surface area contributed by atoms with Crippen molar-refractivity contribution in [1.29, 1.82) is 0 Å². The van der Waals surface area contributed by atoms with Crippen molar-refractivity contribution < 1.29 is 28.7 Å². The quantitative estimate of drug-likeness (QED) is 0.450. The van der Waals surface area contributed by atoms with Crippen LogP contribution in [0.5, 0.6) is 0 Å². The summed E-state index contributed by atoms with van der Waals surface area (Å²) in [6, 6.07) is 9.41. The number of ether oxygens (including phenoxy) is 1. The smallest absolute Gasteiger partial charge is 0.270 e. The van der Waals surface area contributed by atoms with Gasteiger partial charge in [-0.05, 0) is 12.1 Å². The number of carbonyl (C=O) groups is 2. The summed E-state index contributed by atoms with van der Waals surface area (Å²) in [6.45, 7) is -0.628. The number of halogens is 1. The highest BCUT2D eigenvalue weighted by atomic mass is 19.1. The Balaban J connectivity index is 1.60. The third-order valence-corrected chi connectivity index (χ3v) is 4.08. The average Bonchev–Trinajstić information content (AvgIpc) is 2.88. The van der Waals surface area contributed by atoms with Crippen molar-refractivity contribution in [2.24, 2.45) is 0 Å². The van der Waals surface area contributed by atoms with Crippen molar-refractivity contribution in [3.05, 3.63) is 75.1 Å². The molecule has 1 aliphatic heterocycles. The van der Waals surface area contributed by atoms with Gasteiger partial charge in [0, 0.05) is 17.7 Å². The number of nitro groups is 1. The maximum atomic E-state index is 13.5. The molecule has 2 amide bonds. The molecule has 1 N–H and O–H groups in total. The molecule has 27 heavy (non-hydrogen) atoms. The summed E-state index contributed by atoms with van der Waals surface area (Å²) in [5.74, 6) is -1.79. The third-order valence-electron chi connectivity index (χ3n) is 4.08. The van der Waals surface area contributed by atoms with Gasteiger partial charge in [-0.2, -0.15) is 0 Å².